The van der Waals surface area contributed by atoms with Gasteiger partial charge in [-0.05, 0) is 81.0 Å². The highest BCUT2D eigenvalue weighted by Crippen LogP contribution is 2.45. The molecule has 2 aliphatic rings. The number of pyridine rings is 2. The van der Waals surface area contributed by atoms with Crippen LogP contribution in [0.4, 0.5) is 11.6 Å². The molecule has 0 amide bonds. The van der Waals surface area contributed by atoms with Gasteiger partial charge in [0.25, 0.3) is 11.1 Å². The van der Waals surface area contributed by atoms with E-state index in [0.717, 1.165) is 37.1 Å². The summed E-state index contributed by atoms with van der Waals surface area (Å²) < 4.78 is 61.7. The van der Waals surface area contributed by atoms with E-state index in [1.165, 1.54) is 48.9 Å². The Morgan fingerprint density at radius 2 is 1.16 bits per heavy atom. The Morgan fingerprint density at radius 1 is 0.636 bits per heavy atom. The third-order valence-corrected chi connectivity index (χ3v) is 17.4. The highest BCUT2D eigenvalue weighted by atomic mass is 32.2. The number of hydrogen-bond donors (Lipinski definition) is 2. The Morgan fingerprint density at radius 3 is 1.66 bits per heavy atom. The summed E-state index contributed by atoms with van der Waals surface area (Å²) in [7, 11) is -5.96. The van der Waals surface area contributed by atoms with Crippen molar-refractivity contribution in [3.63, 3.8) is 0 Å². The topological polar surface area (TPSA) is 300 Å². The van der Waals surface area contributed by atoms with Gasteiger partial charge in [0.1, 0.15) is 29.3 Å². The second-order valence-electron chi connectivity index (χ2n) is 20.2. The number of rotatable bonds is 21. The molecule has 77 heavy (non-hydrogen) atoms. The first-order valence-electron chi connectivity index (χ1n) is 25.5. The second kappa shape index (κ2) is 21.3. The molecule has 2 fully saturated rings. The molecule has 23 nitrogen and oxygen atoms in total. The molecular formula is C52H58N16O7S2. The first-order chi connectivity index (χ1) is 36.9. The van der Waals surface area contributed by atoms with Gasteiger partial charge in [-0.2, -0.15) is 0 Å². The van der Waals surface area contributed by atoms with E-state index >= 15 is 0 Å². The van der Waals surface area contributed by atoms with Crippen molar-refractivity contribution in [3.05, 3.63) is 111 Å². The number of aromatic nitrogens is 14. The summed E-state index contributed by atoms with van der Waals surface area (Å²) in [5.41, 5.74) is 5.28. The van der Waals surface area contributed by atoms with Gasteiger partial charge in [0, 0.05) is 50.4 Å². The summed E-state index contributed by atoms with van der Waals surface area (Å²) in [4.78, 5) is 83.2. The van der Waals surface area contributed by atoms with Crippen molar-refractivity contribution >= 4 is 53.6 Å². The lowest BCUT2D eigenvalue weighted by Crippen LogP contribution is -2.30. The highest BCUT2D eigenvalue weighted by molar-refractivity contribution is 7.92. The van der Waals surface area contributed by atoms with E-state index in [-0.39, 0.29) is 88.4 Å². The van der Waals surface area contributed by atoms with Crippen LogP contribution in [-0.4, -0.2) is 104 Å². The van der Waals surface area contributed by atoms with Gasteiger partial charge >= 0.3 is 0 Å². The molecule has 8 aromatic rings. The molecule has 0 aliphatic heterocycles. The fourth-order valence-corrected chi connectivity index (χ4v) is 11.5. The molecule has 8 aromatic heterocycles. The summed E-state index contributed by atoms with van der Waals surface area (Å²) in [6.07, 6.45) is 13.1. The third-order valence-electron chi connectivity index (χ3n) is 13.7. The molecule has 0 spiro atoms. The molecule has 0 bridgehead atoms. The van der Waals surface area contributed by atoms with Gasteiger partial charge in [0.05, 0.1) is 53.2 Å². The number of fused-ring (bicyclic) bond motifs is 2. The lowest BCUT2D eigenvalue weighted by atomic mass is 10.1. The van der Waals surface area contributed by atoms with Gasteiger partial charge in [-0.15, -0.1) is 0 Å². The summed E-state index contributed by atoms with van der Waals surface area (Å²) in [6, 6.07) is 6.13. The maximum atomic E-state index is 14.5. The third kappa shape index (κ3) is 11.0. The van der Waals surface area contributed by atoms with Crippen molar-refractivity contribution in [1.82, 2.24) is 68.9 Å². The fourth-order valence-electron chi connectivity index (χ4n) is 9.28. The van der Waals surface area contributed by atoms with Crippen LogP contribution in [0.3, 0.4) is 0 Å². The predicted octanol–water partition coefficient (Wildman–Crippen LogP) is 6.02. The molecular weight excluding hydrogens is 1020 g/mol. The molecule has 8 heterocycles. The monoisotopic (exact) mass is 1080 g/mol. The van der Waals surface area contributed by atoms with Crippen LogP contribution in [0.15, 0.2) is 81.3 Å². The zero-order chi connectivity index (χ0) is 54.3. The molecule has 0 aromatic carbocycles. The Bertz CT molecular complexity index is 3910. The zero-order valence-corrected chi connectivity index (χ0v) is 45.3. The van der Waals surface area contributed by atoms with E-state index < -0.39 is 30.5 Å². The average Bonchev–Trinajstić information content (AvgIpc) is 4.40. The Labute approximate surface area is 443 Å². The summed E-state index contributed by atoms with van der Waals surface area (Å²) in [5, 5.41) is 5.13. The van der Waals surface area contributed by atoms with Gasteiger partial charge in [-0.1, -0.05) is 39.8 Å². The molecule has 2 unspecified atom stereocenters. The van der Waals surface area contributed by atoms with Crippen LogP contribution >= 0.6 is 0 Å². The molecule has 2 aliphatic carbocycles. The molecule has 400 valence electrons. The number of aryl methyl sites for hydroxylation is 1. The van der Waals surface area contributed by atoms with Gasteiger partial charge in [-0.25, -0.2) is 76.6 Å². The van der Waals surface area contributed by atoms with Crippen LogP contribution in [0.5, 0.6) is 5.88 Å². The van der Waals surface area contributed by atoms with E-state index in [4.69, 9.17) is 14.7 Å². The Hall–Kier alpha value is -7.80. The number of sulfone groups is 2. The molecule has 0 saturated heterocycles. The highest BCUT2D eigenvalue weighted by Gasteiger charge is 2.33. The predicted molar refractivity (Wildman–Crippen MR) is 287 cm³/mol. The second-order valence-corrected chi connectivity index (χ2v) is 24.7. The van der Waals surface area contributed by atoms with E-state index in [1.54, 1.807) is 42.9 Å². The first kappa shape index (κ1) is 52.6. The number of nitrogens with one attached hydrogen (secondary N) is 2. The number of ether oxygens (including phenoxy) is 1. The average molecular weight is 1080 g/mol. The van der Waals surface area contributed by atoms with Gasteiger partial charge in [0.2, 0.25) is 5.88 Å². The van der Waals surface area contributed by atoms with Crippen LogP contribution in [-0.2, 0) is 45.9 Å². The van der Waals surface area contributed by atoms with Crippen molar-refractivity contribution in [3.8, 4) is 28.7 Å². The van der Waals surface area contributed by atoms with Crippen molar-refractivity contribution in [2.75, 3.05) is 23.5 Å². The molecule has 25 heteroatoms. The minimum absolute atomic E-state index is 0.00735. The minimum atomic E-state index is -3.98. The largest absolute Gasteiger partial charge is 0.480 e. The van der Waals surface area contributed by atoms with Crippen molar-refractivity contribution in [2.45, 2.75) is 127 Å². The van der Waals surface area contributed by atoms with Gasteiger partial charge in [-0.3, -0.25) is 18.7 Å². The SMILES string of the molecule is CCS(=O)(=O)c1ccc(CNc2nc3cnc(-c4c(C)ncnc4C4CC4)nc3n(CC(C)CC(C)S(=O)(=O)c3ccc(CNc4nc5cnc(-c6c(OC)ncnc6C6CC6)nc5n(CC(C)C)c4=O)cn3)c2=O)cn1. The van der Waals surface area contributed by atoms with Crippen molar-refractivity contribution in [1.29, 1.82) is 0 Å². The molecule has 0 radical (unpaired) electrons. The first-order valence-corrected chi connectivity index (χ1v) is 28.7. The lowest BCUT2D eigenvalue weighted by molar-refractivity contribution is 0.397. The number of anilines is 2. The Kier molecular flexibility index (Phi) is 14.6. The smallest absolute Gasteiger partial charge is 0.294 e. The molecule has 10 rings (SSSR count). The quantitative estimate of drug-likeness (QED) is 0.0830. The van der Waals surface area contributed by atoms with E-state index in [1.807, 2.05) is 27.7 Å². The van der Waals surface area contributed by atoms with Crippen molar-refractivity contribution in [2.24, 2.45) is 11.8 Å². The van der Waals surface area contributed by atoms with Crippen LogP contribution in [0.1, 0.15) is 107 Å². The van der Waals surface area contributed by atoms with Crippen LogP contribution in [0.25, 0.3) is 45.1 Å². The molecule has 2 atom stereocenters. The van der Waals surface area contributed by atoms with Gasteiger partial charge in [0.15, 0.2) is 64.3 Å². The van der Waals surface area contributed by atoms with Crippen molar-refractivity contribution < 1.29 is 21.6 Å². The van der Waals surface area contributed by atoms with E-state index in [0.29, 0.717) is 68.7 Å². The van der Waals surface area contributed by atoms with Gasteiger partial charge < -0.3 is 15.4 Å². The number of nitrogens with zero attached hydrogens (tertiary/aromatic N) is 14. The standard InChI is InChI=1S/C52H58N16O7S2/c1-8-76(71,72)38-15-9-32(18-53-38)20-56-47-52(70)68(49-37(64-47)22-57-44(65-49)40-31(6)59-26-60-42(40)34-11-12-34)25-29(4)17-30(5)77(73,74)39-16-10-33(19-54-39)21-55-46-51(69)67(24-28(2)3)48-36(63-46)23-58-45(66-48)41-43(35-13-14-35)61-27-62-50(41)75-7/h9-10,15-16,18-19,22-23,26-30,34-35H,8,11-14,17,20-21,24-25H2,1-7H3,(H,55,63)(H,56,64). The van der Waals surface area contributed by atoms with Crippen LogP contribution < -0.4 is 26.5 Å². The number of hydrogen-bond acceptors (Lipinski definition) is 21. The summed E-state index contributed by atoms with van der Waals surface area (Å²) >= 11 is 0. The van der Waals surface area contributed by atoms with E-state index in [2.05, 4.69) is 60.5 Å². The normalized spacial score (nSPS) is 14.8. The molecule has 2 saturated carbocycles. The lowest BCUT2D eigenvalue weighted by Gasteiger charge is -2.20. The van der Waals surface area contributed by atoms with Crippen LogP contribution in [0.2, 0.25) is 0 Å². The maximum Gasteiger partial charge on any atom is 0.294 e. The summed E-state index contributed by atoms with van der Waals surface area (Å²) in [5.74, 6) is 1.21. The summed E-state index contributed by atoms with van der Waals surface area (Å²) in [6.45, 7) is 11.5. The van der Waals surface area contributed by atoms with E-state index in [9.17, 15) is 26.4 Å². The fraction of sp³-hybridized carbons (Fsp3) is 0.423. The molecule has 2 N–H and O–H groups in total. The van der Waals surface area contributed by atoms with Crippen LogP contribution in [0, 0.1) is 18.8 Å². The number of methoxy groups -OCH3 is 1. The minimum Gasteiger partial charge on any atom is -0.480 e. The maximum absolute atomic E-state index is 14.5. The zero-order valence-electron chi connectivity index (χ0n) is 43.7. The Balaban J connectivity index is 0.870.